The van der Waals surface area contributed by atoms with Crippen LogP contribution in [0.4, 0.5) is 14.5 Å². The van der Waals surface area contributed by atoms with Gasteiger partial charge in [0.25, 0.3) is 6.43 Å². The number of hydrogen-bond donors (Lipinski definition) is 1. The standard InChI is InChI=1S/C21H23F2N7O4S2/c1-12-9-34-13(10-33-2)7-29(12)15-5-14(36(31,32)28-21(11-24)3-4-21)8-30-16(15)6-25-18(30)20-27-26-19(35-20)17(22)23/h5-6,8,12-13,17,28H,3-4,7,9-10H2,1-2H3/t12-,13+/m0/s1. The Balaban J connectivity index is 1.66. The molecule has 11 nitrogen and oxygen atoms in total. The van der Waals surface area contributed by atoms with Crippen molar-refractivity contribution in [2.24, 2.45) is 0 Å². The molecule has 3 aromatic heterocycles. The monoisotopic (exact) mass is 539 g/mol. The molecule has 4 heterocycles. The number of halogens is 2. The average Bonchev–Trinajstić information content (AvgIpc) is 3.24. The number of hydrogen-bond acceptors (Lipinski definition) is 10. The van der Waals surface area contributed by atoms with Crippen LogP contribution in [0.1, 0.15) is 31.2 Å². The number of imidazole rings is 1. The largest absolute Gasteiger partial charge is 0.382 e. The number of nitriles is 1. The van der Waals surface area contributed by atoms with E-state index in [0.29, 0.717) is 55.1 Å². The van der Waals surface area contributed by atoms with Gasteiger partial charge in [-0.2, -0.15) is 9.98 Å². The first-order valence-electron chi connectivity index (χ1n) is 11.1. The molecule has 192 valence electrons. The van der Waals surface area contributed by atoms with Gasteiger partial charge in [0.05, 0.1) is 42.8 Å². The van der Waals surface area contributed by atoms with E-state index in [-0.39, 0.29) is 27.9 Å². The summed E-state index contributed by atoms with van der Waals surface area (Å²) in [5, 5.41) is 16.5. The number of nitrogens with one attached hydrogen (secondary N) is 1. The Labute approximate surface area is 209 Å². The lowest BCUT2D eigenvalue weighted by molar-refractivity contribution is -0.0221. The van der Waals surface area contributed by atoms with Crippen LogP contribution in [0.15, 0.2) is 23.4 Å². The molecule has 0 aromatic carbocycles. The number of nitrogens with zero attached hydrogens (tertiary/aromatic N) is 6. The fourth-order valence-electron chi connectivity index (χ4n) is 4.12. The van der Waals surface area contributed by atoms with Gasteiger partial charge in [-0.1, -0.05) is 11.3 Å². The number of sulfonamides is 1. The van der Waals surface area contributed by atoms with Crippen molar-refractivity contribution in [1.82, 2.24) is 24.3 Å². The van der Waals surface area contributed by atoms with Gasteiger partial charge in [0.2, 0.25) is 10.0 Å². The van der Waals surface area contributed by atoms with Crippen LogP contribution < -0.4 is 9.62 Å². The van der Waals surface area contributed by atoms with Gasteiger partial charge in [-0.15, -0.1) is 10.2 Å². The van der Waals surface area contributed by atoms with E-state index < -0.39 is 27.0 Å². The van der Waals surface area contributed by atoms with E-state index in [2.05, 4.69) is 19.9 Å². The van der Waals surface area contributed by atoms with Crippen LogP contribution in [-0.4, -0.2) is 72.6 Å². The molecule has 2 aliphatic rings. The Morgan fingerprint density at radius 3 is 2.83 bits per heavy atom. The molecule has 2 atom stereocenters. The highest BCUT2D eigenvalue weighted by Gasteiger charge is 2.47. The maximum absolute atomic E-state index is 13.4. The van der Waals surface area contributed by atoms with Crippen LogP contribution in [0.2, 0.25) is 0 Å². The molecule has 3 aromatic rings. The number of morpholine rings is 1. The summed E-state index contributed by atoms with van der Waals surface area (Å²) in [7, 11) is -2.53. The lowest BCUT2D eigenvalue weighted by Crippen LogP contribution is -2.50. The number of aromatic nitrogens is 4. The number of ether oxygens (including phenoxy) is 2. The third-order valence-corrected chi connectivity index (χ3v) is 8.61. The fraction of sp³-hybridized carbons (Fsp3) is 0.524. The number of alkyl halides is 2. The number of fused-ring (bicyclic) bond motifs is 1. The summed E-state index contributed by atoms with van der Waals surface area (Å²) in [6.07, 6.45) is 0.729. The topological polar surface area (TPSA) is 135 Å². The molecule has 0 bridgehead atoms. The minimum absolute atomic E-state index is 0.0913. The summed E-state index contributed by atoms with van der Waals surface area (Å²) < 4.78 is 68.1. The van der Waals surface area contributed by atoms with Crippen LogP contribution in [0, 0.1) is 11.3 Å². The minimum atomic E-state index is -4.10. The van der Waals surface area contributed by atoms with Gasteiger partial charge in [-0.05, 0) is 25.8 Å². The maximum atomic E-state index is 13.4. The zero-order valence-electron chi connectivity index (χ0n) is 19.4. The molecular formula is C21H23F2N7O4S2. The molecule has 1 saturated heterocycles. The molecule has 0 spiro atoms. The highest BCUT2D eigenvalue weighted by Crippen LogP contribution is 2.38. The molecule has 0 amide bonds. The van der Waals surface area contributed by atoms with Crippen molar-refractivity contribution in [3.8, 4) is 16.9 Å². The molecule has 15 heteroatoms. The van der Waals surface area contributed by atoms with Crippen molar-refractivity contribution < 1.29 is 26.7 Å². The molecule has 1 N–H and O–H groups in total. The predicted molar refractivity (Wildman–Crippen MR) is 125 cm³/mol. The van der Waals surface area contributed by atoms with E-state index in [1.165, 1.54) is 16.7 Å². The number of methoxy groups -OCH3 is 1. The van der Waals surface area contributed by atoms with Gasteiger partial charge in [0.15, 0.2) is 15.8 Å². The Morgan fingerprint density at radius 1 is 1.42 bits per heavy atom. The Bertz CT molecular complexity index is 1430. The quantitative estimate of drug-likeness (QED) is 0.458. The molecule has 0 unspecified atom stereocenters. The zero-order valence-corrected chi connectivity index (χ0v) is 21.0. The highest BCUT2D eigenvalue weighted by molar-refractivity contribution is 7.89. The van der Waals surface area contributed by atoms with E-state index >= 15 is 0 Å². The molecule has 36 heavy (non-hydrogen) atoms. The second-order valence-corrected chi connectivity index (χ2v) is 11.5. The summed E-state index contributed by atoms with van der Waals surface area (Å²) >= 11 is 0.686. The summed E-state index contributed by atoms with van der Waals surface area (Å²) in [6.45, 7) is 3.13. The average molecular weight is 540 g/mol. The van der Waals surface area contributed by atoms with Gasteiger partial charge < -0.3 is 14.4 Å². The van der Waals surface area contributed by atoms with Crippen molar-refractivity contribution in [3.05, 3.63) is 23.5 Å². The molecule has 0 radical (unpaired) electrons. The lowest BCUT2D eigenvalue weighted by Gasteiger charge is -2.39. The number of rotatable bonds is 8. The normalized spacial score (nSPS) is 21.7. The Kier molecular flexibility index (Phi) is 6.41. The number of pyridine rings is 1. The first kappa shape index (κ1) is 24.9. The molecule has 5 rings (SSSR count). The summed E-state index contributed by atoms with van der Waals surface area (Å²) in [6, 6.07) is 3.46. The first-order valence-corrected chi connectivity index (χ1v) is 13.4. The first-order chi connectivity index (χ1) is 17.2. The van der Waals surface area contributed by atoms with E-state index in [1.807, 2.05) is 17.9 Å². The van der Waals surface area contributed by atoms with Gasteiger partial charge in [-0.25, -0.2) is 22.2 Å². The number of anilines is 1. The Morgan fingerprint density at radius 2 is 2.19 bits per heavy atom. The SMILES string of the molecule is COC[C@H]1CN(c2cc(S(=O)(=O)NC3(C#N)CC3)cn3c(-c4nnc(C(F)F)s4)ncc23)[C@@H](C)CO1. The summed E-state index contributed by atoms with van der Waals surface area (Å²) in [4.78, 5) is 6.29. The Hall–Kier alpha value is -2.77. The fourth-order valence-corrected chi connectivity index (χ4v) is 6.21. The second kappa shape index (κ2) is 9.27. The lowest BCUT2D eigenvalue weighted by atomic mass is 10.1. The van der Waals surface area contributed by atoms with Crippen LogP contribution in [0.5, 0.6) is 0 Å². The van der Waals surface area contributed by atoms with Crippen molar-refractivity contribution in [1.29, 1.82) is 5.26 Å². The molecule has 1 saturated carbocycles. The molecule has 2 fully saturated rings. The summed E-state index contributed by atoms with van der Waals surface area (Å²) in [5.74, 6) is 0.184. The van der Waals surface area contributed by atoms with Gasteiger partial charge >= 0.3 is 0 Å². The van der Waals surface area contributed by atoms with E-state index in [1.54, 1.807) is 13.3 Å². The van der Waals surface area contributed by atoms with Crippen molar-refractivity contribution >= 4 is 32.6 Å². The van der Waals surface area contributed by atoms with Crippen molar-refractivity contribution in [2.45, 2.75) is 48.8 Å². The zero-order chi connectivity index (χ0) is 25.7. The van der Waals surface area contributed by atoms with Gasteiger partial charge in [0, 0.05) is 25.9 Å². The molecular weight excluding hydrogens is 516 g/mol. The third-order valence-electron chi connectivity index (χ3n) is 6.18. The van der Waals surface area contributed by atoms with Crippen molar-refractivity contribution in [2.75, 3.05) is 31.8 Å². The highest BCUT2D eigenvalue weighted by atomic mass is 32.2. The molecule has 1 aliphatic carbocycles. The van der Waals surface area contributed by atoms with Gasteiger partial charge in [-0.3, -0.25) is 4.40 Å². The molecule has 1 aliphatic heterocycles. The van der Waals surface area contributed by atoms with Crippen LogP contribution in [0.3, 0.4) is 0 Å². The van der Waals surface area contributed by atoms with Crippen LogP contribution in [0.25, 0.3) is 16.3 Å². The summed E-state index contributed by atoms with van der Waals surface area (Å²) in [5.41, 5.74) is 0.00504. The van der Waals surface area contributed by atoms with E-state index in [4.69, 9.17) is 9.47 Å². The third kappa shape index (κ3) is 4.55. The van der Waals surface area contributed by atoms with Gasteiger partial charge in [0.1, 0.15) is 10.4 Å². The van der Waals surface area contributed by atoms with Crippen molar-refractivity contribution in [3.63, 3.8) is 0 Å². The smallest absolute Gasteiger partial charge is 0.291 e. The van der Waals surface area contributed by atoms with E-state index in [0.717, 1.165) is 0 Å². The predicted octanol–water partition coefficient (Wildman–Crippen LogP) is 2.36. The maximum Gasteiger partial charge on any atom is 0.291 e. The van der Waals surface area contributed by atoms with Crippen LogP contribution in [-0.2, 0) is 19.5 Å². The second-order valence-electron chi connectivity index (χ2n) is 8.86. The van der Waals surface area contributed by atoms with Crippen LogP contribution >= 0.6 is 11.3 Å². The minimum Gasteiger partial charge on any atom is -0.382 e. The van der Waals surface area contributed by atoms with E-state index in [9.17, 15) is 22.5 Å².